The molecule has 0 aliphatic carbocycles. The van der Waals surface area contributed by atoms with Gasteiger partial charge in [0, 0.05) is 25.4 Å². The Morgan fingerprint density at radius 2 is 2.25 bits per heavy atom. The second-order valence-electron chi connectivity index (χ2n) is 5.71. The number of sulfonamides is 1. The van der Waals surface area contributed by atoms with Crippen LogP contribution in [-0.4, -0.2) is 50.2 Å². The van der Waals surface area contributed by atoms with Crippen molar-refractivity contribution in [3.8, 4) is 0 Å². The summed E-state index contributed by atoms with van der Waals surface area (Å²) in [5.41, 5.74) is -0.624. The van der Waals surface area contributed by atoms with Crippen LogP contribution >= 0.6 is 12.2 Å². The molecule has 10 heteroatoms. The topological polar surface area (TPSA) is 94.5 Å². The lowest BCUT2D eigenvalue weighted by molar-refractivity contribution is 0.247. The van der Waals surface area contributed by atoms with Crippen LogP contribution in [-0.2, 0) is 20.3 Å². The molecule has 0 aromatic heterocycles. The van der Waals surface area contributed by atoms with E-state index in [9.17, 15) is 12.8 Å². The lowest BCUT2D eigenvalue weighted by atomic mass is 9.93. The molecular formula is C14H19FN4O3S2. The highest BCUT2D eigenvalue weighted by Gasteiger charge is 2.43. The van der Waals surface area contributed by atoms with Gasteiger partial charge in [0.2, 0.25) is 16.0 Å². The van der Waals surface area contributed by atoms with Crippen LogP contribution in [0.15, 0.2) is 18.2 Å². The van der Waals surface area contributed by atoms with Crippen LogP contribution in [0.1, 0.15) is 12.5 Å². The van der Waals surface area contributed by atoms with E-state index in [1.165, 1.54) is 32.4 Å². The summed E-state index contributed by atoms with van der Waals surface area (Å²) in [5, 5.41) is 13.5. The number of halogens is 1. The fraction of sp³-hybridized carbons (Fsp3) is 0.429. The van der Waals surface area contributed by atoms with E-state index in [2.05, 4.69) is 10.6 Å². The highest BCUT2D eigenvalue weighted by molar-refractivity contribution is 7.89. The number of nitrogens with one attached hydrogen (secondary N) is 3. The summed E-state index contributed by atoms with van der Waals surface area (Å²) in [6.07, 6.45) is 0. The molecule has 1 atom stereocenters. The van der Waals surface area contributed by atoms with Gasteiger partial charge in [0.05, 0.1) is 17.9 Å². The van der Waals surface area contributed by atoms with Gasteiger partial charge in [-0.1, -0.05) is 12.2 Å². The average Bonchev–Trinajstić information content (AvgIpc) is 2.46. The first-order valence-corrected chi connectivity index (χ1v) is 9.03. The monoisotopic (exact) mass is 374 g/mol. The molecular weight excluding hydrogens is 355 g/mol. The number of benzene rings is 1. The second-order valence-corrected chi connectivity index (χ2v) is 8.20. The molecule has 24 heavy (non-hydrogen) atoms. The summed E-state index contributed by atoms with van der Waals surface area (Å²) in [6.45, 7) is 1.75. The highest BCUT2D eigenvalue weighted by Crippen LogP contribution is 2.31. The maximum Gasteiger partial charge on any atom is 0.239 e. The zero-order valence-corrected chi connectivity index (χ0v) is 15.1. The van der Waals surface area contributed by atoms with Gasteiger partial charge in [0.25, 0.3) is 0 Å². The lowest BCUT2D eigenvalue weighted by Gasteiger charge is -2.40. The van der Waals surface area contributed by atoms with Crippen LogP contribution in [0.4, 0.5) is 10.1 Å². The summed E-state index contributed by atoms with van der Waals surface area (Å²) in [4.78, 5) is 0.414. The zero-order chi connectivity index (χ0) is 18.1. The standard InChI is InChI=1S/C14H19FN4O3S2/c1-14(8-24(20,21)19(2)13(16)18-14)10-6-9(4-5-11(10)15)17-12(23)7-22-3/h4-6H,7-8H2,1-3H3,(H2,16,18)(H,17,23)/t14-/m0/s1. The number of hydrogen-bond acceptors (Lipinski definition) is 5. The molecule has 0 radical (unpaired) electrons. The van der Waals surface area contributed by atoms with Gasteiger partial charge in [-0.05, 0) is 25.1 Å². The van der Waals surface area contributed by atoms with Gasteiger partial charge in [-0.2, -0.15) is 0 Å². The average molecular weight is 374 g/mol. The van der Waals surface area contributed by atoms with E-state index in [-0.39, 0.29) is 23.9 Å². The van der Waals surface area contributed by atoms with Crippen molar-refractivity contribution in [2.75, 3.05) is 31.8 Å². The molecule has 0 spiro atoms. The molecule has 0 unspecified atom stereocenters. The van der Waals surface area contributed by atoms with Crippen molar-refractivity contribution in [2.45, 2.75) is 12.5 Å². The number of rotatable bonds is 4. The quantitative estimate of drug-likeness (QED) is 0.686. The molecule has 1 fully saturated rings. The maximum absolute atomic E-state index is 14.4. The summed E-state index contributed by atoms with van der Waals surface area (Å²) in [7, 11) is -0.931. The maximum atomic E-state index is 14.4. The molecule has 1 aromatic rings. The van der Waals surface area contributed by atoms with Crippen LogP contribution in [0, 0.1) is 11.2 Å². The van der Waals surface area contributed by atoms with Crippen LogP contribution in [0.5, 0.6) is 0 Å². The van der Waals surface area contributed by atoms with E-state index in [0.29, 0.717) is 10.7 Å². The molecule has 1 aliphatic heterocycles. The van der Waals surface area contributed by atoms with Gasteiger partial charge < -0.3 is 15.4 Å². The van der Waals surface area contributed by atoms with Crippen molar-refractivity contribution in [3.63, 3.8) is 0 Å². The smallest absolute Gasteiger partial charge is 0.239 e. The Labute approximate surface area is 145 Å². The number of nitrogens with zero attached hydrogens (tertiary/aromatic N) is 1. The van der Waals surface area contributed by atoms with Gasteiger partial charge in [-0.3, -0.25) is 5.41 Å². The third-order valence-corrected chi connectivity index (χ3v) is 5.90. The fourth-order valence-electron chi connectivity index (χ4n) is 2.48. The van der Waals surface area contributed by atoms with Gasteiger partial charge in [-0.25, -0.2) is 17.1 Å². The second kappa shape index (κ2) is 6.61. The van der Waals surface area contributed by atoms with Crippen LogP contribution in [0.2, 0.25) is 0 Å². The minimum absolute atomic E-state index is 0.133. The largest absolute Gasteiger partial charge is 0.378 e. The molecule has 1 heterocycles. The van der Waals surface area contributed by atoms with Crippen LogP contribution in [0.3, 0.4) is 0 Å². The molecule has 7 nitrogen and oxygen atoms in total. The molecule has 1 aromatic carbocycles. The molecule has 0 amide bonds. The first-order valence-electron chi connectivity index (χ1n) is 7.01. The Hall–Kier alpha value is -1.78. The Morgan fingerprint density at radius 1 is 1.58 bits per heavy atom. The Balaban J connectivity index is 2.40. The van der Waals surface area contributed by atoms with E-state index in [4.69, 9.17) is 22.4 Å². The van der Waals surface area contributed by atoms with Gasteiger partial charge in [-0.15, -0.1) is 0 Å². The van der Waals surface area contributed by atoms with E-state index in [1.54, 1.807) is 6.92 Å². The summed E-state index contributed by atoms with van der Waals surface area (Å²) < 4.78 is 44.5. The Kier molecular flexibility index (Phi) is 5.11. The predicted octanol–water partition coefficient (Wildman–Crippen LogP) is 1.23. The summed E-state index contributed by atoms with van der Waals surface area (Å²) in [6, 6.07) is 4.21. The van der Waals surface area contributed by atoms with E-state index >= 15 is 0 Å². The minimum atomic E-state index is -3.71. The number of guanidine groups is 1. The first kappa shape index (κ1) is 18.6. The van der Waals surface area contributed by atoms with Crippen LogP contribution < -0.4 is 10.6 Å². The van der Waals surface area contributed by atoms with Crippen molar-refractivity contribution in [3.05, 3.63) is 29.6 Å². The van der Waals surface area contributed by atoms with Crippen molar-refractivity contribution >= 4 is 38.9 Å². The minimum Gasteiger partial charge on any atom is -0.378 e. The molecule has 132 valence electrons. The van der Waals surface area contributed by atoms with Crippen molar-refractivity contribution in [2.24, 2.45) is 0 Å². The normalized spacial score (nSPS) is 22.8. The van der Waals surface area contributed by atoms with E-state index in [0.717, 1.165) is 4.31 Å². The molecule has 1 aliphatic rings. The van der Waals surface area contributed by atoms with E-state index < -0.39 is 21.4 Å². The third-order valence-electron chi connectivity index (χ3n) is 3.72. The molecule has 1 saturated heterocycles. The predicted molar refractivity (Wildman–Crippen MR) is 94.3 cm³/mol. The van der Waals surface area contributed by atoms with Crippen molar-refractivity contribution < 1.29 is 17.5 Å². The lowest BCUT2D eigenvalue weighted by Crippen LogP contribution is -2.61. The third kappa shape index (κ3) is 3.65. The summed E-state index contributed by atoms with van der Waals surface area (Å²) in [5.74, 6) is -1.25. The Bertz CT molecular complexity index is 784. The number of thiocarbonyl (C=S) groups is 1. The molecule has 0 saturated carbocycles. The fourth-order valence-corrected chi connectivity index (χ4v) is 4.19. The SMILES string of the molecule is COCC(=S)Nc1ccc(F)c([C@]2(C)CS(=O)(=O)N(C)C(=N)N2)c1. The highest BCUT2D eigenvalue weighted by atomic mass is 32.2. The number of hydrogen-bond donors (Lipinski definition) is 3. The Morgan fingerprint density at radius 3 is 2.83 bits per heavy atom. The molecule has 0 bridgehead atoms. The number of anilines is 1. The molecule has 3 N–H and O–H groups in total. The summed E-state index contributed by atoms with van der Waals surface area (Å²) >= 11 is 5.08. The zero-order valence-electron chi connectivity index (χ0n) is 13.5. The first-order chi connectivity index (χ1) is 11.1. The van der Waals surface area contributed by atoms with Crippen molar-refractivity contribution in [1.82, 2.24) is 9.62 Å². The van der Waals surface area contributed by atoms with Gasteiger partial charge >= 0.3 is 0 Å². The van der Waals surface area contributed by atoms with Gasteiger partial charge in [0.15, 0.2) is 0 Å². The van der Waals surface area contributed by atoms with Crippen LogP contribution in [0.25, 0.3) is 0 Å². The van der Waals surface area contributed by atoms with Gasteiger partial charge in [0.1, 0.15) is 10.8 Å². The van der Waals surface area contributed by atoms with E-state index in [1.807, 2.05) is 0 Å². The number of ether oxygens (including phenoxy) is 1. The molecule has 2 rings (SSSR count). The van der Waals surface area contributed by atoms with Crippen molar-refractivity contribution in [1.29, 1.82) is 5.41 Å². The number of methoxy groups -OCH3 is 1.